The van der Waals surface area contributed by atoms with E-state index in [4.69, 9.17) is 23.2 Å². The molecular formula is C14H9Cl2N3OS. The summed E-state index contributed by atoms with van der Waals surface area (Å²) in [6.07, 6.45) is 0. The zero-order chi connectivity index (χ0) is 15.0. The number of hydrogen-bond acceptors (Lipinski definition) is 4. The summed E-state index contributed by atoms with van der Waals surface area (Å²) in [5.41, 5.74) is 2.35. The zero-order valence-corrected chi connectivity index (χ0v) is 13.2. The molecule has 4 nitrogen and oxygen atoms in total. The molecule has 0 saturated heterocycles. The summed E-state index contributed by atoms with van der Waals surface area (Å²) in [5.74, 6) is -0.322. The molecule has 0 aliphatic rings. The van der Waals surface area contributed by atoms with Crippen LogP contribution >= 0.6 is 34.5 Å². The second-order valence-electron chi connectivity index (χ2n) is 4.45. The minimum Gasteiger partial charge on any atom is -0.298 e. The Kier molecular flexibility index (Phi) is 3.80. The number of nitrogens with zero attached hydrogens (tertiary/aromatic N) is 2. The van der Waals surface area contributed by atoms with E-state index in [1.165, 1.54) is 23.5 Å². The fourth-order valence-corrected chi connectivity index (χ4v) is 3.27. The predicted octanol–water partition coefficient (Wildman–Crippen LogP) is 4.56. The van der Waals surface area contributed by atoms with Crippen LogP contribution in [0.5, 0.6) is 0 Å². The third kappa shape index (κ3) is 3.15. The molecule has 1 N–H and O–H groups in total. The molecule has 0 aliphatic carbocycles. The van der Waals surface area contributed by atoms with Gasteiger partial charge < -0.3 is 0 Å². The number of anilines is 1. The van der Waals surface area contributed by atoms with Gasteiger partial charge in [-0.15, -0.1) is 0 Å². The van der Waals surface area contributed by atoms with E-state index in [0.717, 1.165) is 15.8 Å². The number of pyridine rings is 1. The van der Waals surface area contributed by atoms with Gasteiger partial charge in [-0.25, -0.2) is 9.97 Å². The predicted molar refractivity (Wildman–Crippen MR) is 86.6 cm³/mol. The van der Waals surface area contributed by atoms with Crippen molar-refractivity contribution in [2.45, 2.75) is 6.92 Å². The van der Waals surface area contributed by atoms with Gasteiger partial charge in [0.1, 0.15) is 10.3 Å². The van der Waals surface area contributed by atoms with Gasteiger partial charge in [0.15, 0.2) is 5.13 Å². The van der Waals surface area contributed by atoms with Crippen LogP contribution in [0.15, 0.2) is 30.3 Å². The van der Waals surface area contributed by atoms with Gasteiger partial charge in [-0.05, 0) is 36.8 Å². The lowest BCUT2D eigenvalue weighted by atomic mass is 10.2. The minimum atomic E-state index is -0.322. The normalized spacial score (nSPS) is 10.8. The number of carbonyl (C=O) groups is 1. The molecule has 21 heavy (non-hydrogen) atoms. The van der Waals surface area contributed by atoms with Crippen molar-refractivity contribution in [3.63, 3.8) is 0 Å². The van der Waals surface area contributed by atoms with Crippen molar-refractivity contribution in [1.82, 2.24) is 9.97 Å². The van der Waals surface area contributed by atoms with Crippen LogP contribution in [0.25, 0.3) is 10.2 Å². The Morgan fingerprint density at radius 2 is 1.86 bits per heavy atom. The van der Waals surface area contributed by atoms with Crippen LogP contribution in [-0.2, 0) is 0 Å². The Balaban J connectivity index is 1.88. The Bertz CT molecular complexity index is 827. The van der Waals surface area contributed by atoms with Crippen LogP contribution in [0.4, 0.5) is 5.13 Å². The van der Waals surface area contributed by atoms with Gasteiger partial charge in [0.25, 0.3) is 5.91 Å². The highest BCUT2D eigenvalue weighted by Crippen LogP contribution is 2.27. The summed E-state index contributed by atoms with van der Waals surface area (Å²) in [7, 11) is 0. The molecule has 1 aromatic carbocycles. The first-order chi connectivity index (χ1) is 10.0. The molecule has 0 aliphatic heterocycles. The van der Waals surface area contributed by atoms with Crippen molar-refractivity contribution in [2.75, 3.05) is 5.32 Å². The van der Waals surface area contributed by atoms with Crippen LogP contribution in [0, 0.1) is 6.92 Å². The number of benzene rings is 1. The second-order valence-corrected chi connectivity index (χ2v) is 6.25. The molecule has 2 aromatic heterocycles. The van der Waals surface area contributed by atoms with E-state index in [1.807, 2.05) is 25.1 Å². The van der Waals surface area contributed by atoms with E-state index in [2.05, 4.69) is 15.3 Å². The summed E-state index contributed by atoms with van der Waals surface area (Å²) in [4.78, 5) is 20.3. The smallest absolute Gasteiger partial charge is 0.257 e. The van der Waals surface area contributed by atoms with Crippen LogP contribution in [0.1, 0.15) is 15.9 Å². The maximum atomic E-state index is 12.2. The second kappa shape index (κ2) is 5.60. The van der Waals surface area contributed by atoms with Crippen LogP contribution in [-0.4, -0.2) is 15.9 Å². The van der Waals surface area contributed by atoms with E-state index in [1.54, 1.807) is 0 Å². The molecule has 106 valence electrons. The number of hydrogen-bond donors (Lipinski definition) is 1. The Labute approximate surface area is 134 Å². The molecule has 0 radical (unpaired) electrons. The molecule has 0 unspecified atom stereocenters. The molecule has 3 aromatic rings. The largest absolute Gasteiger partial charge is 0.298 e. The van der Waals surface area contributed by atoms with Crippen molar-refractivity contribution < 1.29 is 4.79 Å². The molecule has 0 atom stereocenters. The third-order valence-electron chi connectivity index (χ3n) is 2.79. The highest BCUT2D eigenvalue weighted by atomic mass is 35.5. The summed E-state index contributed by atoms with van der Waals surface area (Å²) >= 11 is 13.0. The Hall–Kier alpha value is -1.69. The molecule has 1 amide bonds. The van der Waals surface area contributed by atoms with E-state index in [9.17, 15) is 4.79 Å². The van der Waals surface area contributed by atoms with Crippen molar-refractivity contribution in [3.05, 3.63) is 51.8 Å². The zero-order valence-electron chi connectivity index (χ0n) is 10.9. The lowest BCUT2D eigenvalue weighted by Crippen LogP contribution is -2.11. The monoisotopic (exact) mass is 337 g/mol. The third-order valence-corrected chi connectivity index (χ3v) is 4.11. The summed E-state index contributed by atoms with van der Waals surface area (Å²) in [5, 5.41) is 3.62. The minimum absolute atomic E-state index is 0.174. The van der Waals surface area contributed by atoms with Crippen molar-refractivity contribution in [3.8, 4) is 0 Å². The van der Waals surface area contributed by atoms with Crippen LogP contribution in [0.2, 0.25) is 10.3 Å². The number of halogens is 2. The quantitative estimate of drug-likeness (QED) is 0.697. The molecular weight excluding hydrogens is 329 g/mol. The van der Waals surface area contributed by atoms with Gasteiger partial charge >= 0.3 is 0 Å². The van der Waals surface area contributed by atoms with Gasteiger partial charge in [-0.2, -0.15) is 0 Å². The Morgan fingerprint density at radius 1 is 1.14 bits per heavy atom. The lowest BCUT2D eigenvalue weighted by Gasteiger charge is -2.02. The van der Waals surface area contributed by atoms with Crippen molar-refractivity contribution >= 4 is 55.8 Å². The first-order valence-electron chi connectivity index (χ1n) is 6.03. The van der Waals surface area contributed by atoms with E-state index < -0.39 is 0 Å². The number of rotatable bonds is 2. The molecule has 0 saturated carbocycles. The van der Waals surface area contributed by atoms with Gasteiger partial charge in [0, 0.05) is 5.56 Å². The van der Waals surface area contributed by atoms with Gasteiger partial charge in [-0.1, -0.05) is 40.6 Å². The topological polar surface area (TPSA) is 54.9 Å². The maximum absolute atomic E-state index is 12.2. The van der Waals surface area contributed by atoms with Crippen LogP contribution < -0.4 is 5.32 Å². The average molecular weight is 338 g/mol. The molecule has 3 rings (SSSR count). The number of fused-ring (bicyclic) bond motifs is 1. The number of thiazole rings is 1. The number of amides is 1. The van der Waals surface area contributed by atoms with Gasteiger partial charge in [0.2, 0.25) is 0 Å². The lowest BCUT2D eigenvalue weighted by molar-refractivity contribution is 0.102. The fourth-order valence-electron chi connectivity index (χ4n) is 1.85. The van der Waals surface area contributed by atoms with Crippen molar-refractivity contribution in [2.24, 2.45) is 0 Å². The number of nitrogens with one attached hydrogen (secondary N) is 1. The summed E-state index contributed by atoms with van der Waals surface area (Å²) in [6.45, 7) is 2.01. The number of carbonyl (C=O) groups excluding carboxylic acids is 1. The van der Waals surface area contributed by atoms with E-state index in [-0.39, 0.29) is 16.2 Å². The number of aryl methyl sites for hydroxylation is 1. The summed E-state index contributed by atoms with van der Waals surface area (Å²) in [6, 6.07) is 8.86. The average Bonchev–Trinajstić information content (AvgIpc) is 2.78. The molecule has 7 heteroatoms. The Morgan fingerprint density at radius 3 is 2.57 bits per heavy atom. The molecule has 0 fully saturated rings. The first kappa shape index (κ1) is 14.3. The highest BCUT2D eigenvalue weighted by molar-refractivity contribution is 7.22. The standard InChI is InChI=1S/C14H9Cl2N3OS/c1-7-2-3-9-10(4-7)21-14(17-9)19-13(20)8-5-11(15)18-12(16)6-8/h2-6H,1H3,(H,17,19,20). The van der Waals surface area contributed by atoms with Gasteiger partial charge in [0.05, 0.1) is 10.2 Å². The first-order valence-corrected chi connectivity index (χ1v) is 7.60. The summed E-state index contributed by atoms with van der Waals surface area (Å²) < 4.78 is 1.02. The van der Waals surface area contributed by atoms with E-state index >= 15 is 0 Å². The highest BCUT2D eigenvalue weighted by Gasteiger charge is 2.12. The maximum Gasteiger partial charge on any atom is 0.257 e. The van der Waals surface area contributed by atoms with Gasteiger partial charge in [-0.3, -0.25) is 10.1 Å². The molecule has 0 spiro atoms. The van der Waals surface area contributed by atoms with E-state index in [0.29, 0.717) is 10.7 Å². The SMILES string of the molecule is Cc1ccc2nc(NC(=O)c3cc(Cl)nc(Cl)c3)sc2c1. The molecule has 0 bridgehead atoms. The number of aromatic nitrogens is 2. The van der Waals surface area contributed by atoms with Crippen LogP contribution in [0.3, 0.4) is 0 Å². The molecule has 2 heterocycles. The fraction of sp³-hybridized carbons (Fsp3) is 0.0714. The van der Waals surface area contributed by atoms with Crippen molar-refractivity contribution in [1.29, 1.82) is 0 Å².